The van der Waals surface area contributed by atoms with E-state index in [1.807, 2.05) is 62.5 Å². The van der Waals surface area contributed by atoms with Crippen LogP contribution in [-0.4, -0.2) is 36.1 Å². The number of benzene rings is 2. The van der Waals surface area contributed by atoms with Gasteiger partial charge in [-0.2, -0.15) is 0 Å². The van der Waals surface area contributed by atoms with Crippen molar-refractivity contribution in [2.24, 2.45) is 4.99 Å². The van der Waals surface area contributed by atoms with Gasteiger partial charge in [-0.1, -0.05) is 60.7 Å². The molecule has 130 valence electrons. The highest BCUT2D eigenvalue weighted by molar-refractivity contribution is 5.99. The molecule has 0 aliphatic carbocycles. The van der Waals surface area contributed by atoms with Crippen molar-refractivity contribution in [1.82, 2.24) is 10.4 Å². The smallest absolute Gasteiger partial charge is 0.225 e. The lowest BCUT2D eigenvalue weighted by Gasteiger charge is -2.21. The summed E-state index contributed by atoms with van der Waals surface area (Å²) in [6.07, 6.45) is 0.991. The van der Waals surface area contributed by atoms with Gasteiger partial charge in [-0.05, 0) is 18.9 Å². The van der Waals surface area contributed by atoms with Gasteiger partial charge < -0.3 is 5.32 Å². The Kier molecular flexibility index (Phi) is 5.14. The number of nitrogens with one attached hydrogen (secondary N) is 1. The van der Waals surface area contributed by atoms with Gasteiger partial charge in [0, 0.05) is 19.2 Å². The Morgan fingerprint density at radius 2 is 1.76 bits per heavy atom. The number of nitrogens with zero attached hydrogens (tertiary/aromatic N) is 2. The van der Waals surface area contributed by atoms with Crippen molar-refractivity contribution in [3.05, 3.63) is 71.8 Å². The Hall–Kier alpha value is -2.66. The average Bonchev–Trinajstić information content (AvgIpc) is 2.91. The number of amidine groups is 1. The quantitative estimate of drug-likeness (QED) is 0.882. The van der Waals surface area contributed by atoms with Gasteiger partial charge in [-0.15, -0.1) is 0 Å². The molecule has 2 aromatic carbocycles. The van der Waals surface area contributed by atoms with Crippen LogP contribution in [-0.2, 0) is 16.1 Å². The summed E-state index contributed by atoms with van der Waals surface area (Å²) in [4.78, 5) is 22.7. The second-order valence-electron chi connectivity index (χ2n) is 6.33. The van der Waals surface area contributed by atoms with Crippen molar-refractivity contribution in [3.8, 4) is 0 Å². The molecule has 0 aromatic heterocycles. The van der Waals surface area contributed by atoms with Crippen molar-refractivity contribution in [2.45, 2.75) is 25.5 Å². The third-order valence-electron chi connectivity index (χ3n) is 4.07. The largest absolute Gasteiger partial charge is 0.356 e. The lowest BCUT2D eigenvalue weighted by molar-refractivity contribution is -0.166. The van der Waals surface area contributed by atoms with E-state index in [0.717, 1.165) is 17.8 Å². The molecular weight excluding hydrogens is 314 g/mol. The van der Waals surface area contributed by atoms with Crippen LogP contribution < -0.4 is 5.32 Å². The van der Waals surface area contributed by atoms with Gasteiger partial charge in [0.05, 0.1) is 6.42 Å². The summed E-state index contributed by atoms with van der Waals surface area (Å²) < 4.78 is 0. The summed E-state index contributed by atoms with van der Waals surface area (Å²) in [5.74, 6) is 0.671. The number of carbonyl (C=O) groups is 1. The van der Waals surface area contributed by atoms with Gasteiger partial charge in [0.25, 0.3) is 0 Å². The van der Waals surface area contributed by atoms with E-state index in [9.17, 15) is 4.79 Å². The minimum atomic E-state index is -0.878. The number of aliphatic imine (C=N–C) groups is 1. The maximum Gasteiger partial charge on any atom is 0.225 e. The van der Waals surface area contributed by atoms with Gasteiger partial charge in [0.1, 0.15) is 0 Å². The first-order chi connectivity index (χ1) is 12.1. The van der Waals surface area contributed by atoms with Crippen molar-refractivity contribution in [1.29, 1.82) is 0 Å². The molecule has 1 heterocycles. The molecule has 0 fully saturated rings. The highest BCUT2D eigenvalue weighted by Crippen LogP contribution is 2.27. The normalized spacial score (nSPS) is 19.6. The molecule has 1 atom stereocenters. The summed E-state index contributed by atoms with van der Waals surface area (Å²) >= 11 is 0. The molecule has 5 nitrogen and oxygen atoms in total. The lowest BCUT2D eigenvalue weighted by atomic mass is 10.1. The molecule has 1 unspecified atom stereocenters. The van der Waals surface area contributed by atoms with Crippen LogP contribution in [0.5, 0.6) is 0 Å². The summed E-state index contributed by atoms with van der Waals surface area (Å²) in [5.41, 5.74) is 1.30. The fourth-order valence-electron chi connectivity index (χ4n) is 2.91. The molecule has 0 saturated heterocycles. The first-order valence-corrected chi connectivity index (χ1v) is 8.44. The summed E-state index contributed by atoms with van der Waals surface area (Å²) in [6, 6.07) is 19.9. The third kappa shape index (κ3) is 4.45. The van der Waals surface area contributed by atoms with E-state index in [4.69, 9.17) is 4.84 Å². The van der Waals surface area contributed by atoms with E-state index in [-0.39, 0.29) is 12.3 Å². The van der Waals surface area contributed by atoms with Gasteiger partial charge in [-0.25, -0.2) is 14.9 Å². The zero-order chi connectivity index (χ0) is 17.7. The van der Waals surface area contributed by atoms with Gasteiger partial charge in [0.2, 0.25) is 5.91 Å². The minimum absolute atomic E-state index is 0.0649. The molecule has 25 heavy (non-hydrogen) atoms. The van der Waals surface area contributed by atoms with Crippen LogP contribution in [0.2, 0.25) is 0 Å². The van der Waals surface area contributed by atoms with Crippen LogP contribution in [0, 0.1) is 0 Å². The maximum atomic E-state index is 12.3. The number of rotatable bonds is 6. The molecule has 0 radical (unpaired) electrons. The first kappa shape index (κ1) is 17.2. The number of hydrogen-bond donors (Lipinski definition) is 1. The molecule has 0 spiro atoms. The van der Waals surface area contributed by atoms with Gasteiger partial charge in [0.15, 0.2) is 11.6 Å². The second kappa shape index (κ2) is 7.49. The van der Waals surface area contributed by atoms with E-state index in [1.54, 1.807) is 5.06 Å². The molecule has 2 aromatic rings. The first-order valence-electron chi connectivity index (χ1n) is 8.44. The van der Waals surface area contributed by atoms with Crippen molar-refractivity contribution < 1.29 is 9.63 Å². The Balaban J connectivity index is 1.56. The Morgan fingerprint density at radius 1 is 1.12 bits per heavy atom. The Labute approximate surface area is 148 Å². The van der Waals surface area contributed by atoms with E-state index in [1.165, 1.54) is 5.56 Å². The van der Waals surface area contributed by atoms with Crippen molar-refractivity contribution >= 4 is 11.7 Å². The number of hydroxylamine groups is 2. The fourth-order valence-corrected chi connectivity index (χ4v) is 2.91. The fraction of sp³-hybridized carbons (Fsp3) is 0.300. The predicted molar refractivity (Wildman–Crippen MR) is 98.0 cm³/mol. The molecule has 1 aliphatic heterocycles. The van der Waals surface area contributed by atoms with E-state index in [2.05, 4.69) is 22.4 Å². The van der Waals surface area contributed by atoms with Crippen molar-refractivity contribution in [2.75, 3.05) is 13.6 Å². The Bertz CT molecular complexity index is 746. The van der Waals surface area contributed by atoms with Crippen LogP contribution >= 0.6 is 0 Å². The third-order valence-corrected chi connectivity index (χ3v) is 4.07. The van der Waals surface area contributed by atoms with Crippen LogP contribution in [0.1, 0.15) is 24.5 Å². The lowest BCUT2D eigenvalue weighted by Crippen LogP contribution is -2.36. The minimum Gasteiger partial charge on any atom is -0.356 e. The van der Waals surface area contributed by atoms with Gasteiger partial charge in [-0.3, -0.25) is 4.79 Å². The number of amides is 1. The predicted octanol–water partition coefficient (Wildman–Crippen LogP) is 2.78. The molecule has 3 rings (SSSR count). The SMILES string of the molecule is CN1OC(C)(CC(=O)NCCc2ccccc2)N=C1c1ccccc1. The highest BCUT2D eigenvalue weighted by Gasteiger charge is 2.37. The van der Waals surface area contributed by atoms with E-state index in [0.29, 0.717) is 6.54 Å². The zero-order valence-corrected chi connectivity index (χ0v) is 14.6. The molecule has 0 saturated carbocycles. The molecule has 5 heteroatoms. The van der Waals surface area contributed by atoms with Crippen LogP contribution in [0.4, 0.5) is 0 Å². The molecule has 1 N–H and O–H groups in total. The Morgan fingerprint density at radius 3 is 2.44 bits per heavy atom. The number of carbonyl (C=O) groups excluding carboxylic acids is 1. The topological polar surface area (TPSA) is 53.9 Å². The second-order valence-corrected chi connectivity index (χ2v) is 6.33. The molecule has 1 amide bonds. The van der Waals surface area contributed by atoms with Gasteiger partial charge >= 0.3 is 0 Å². The van der Waals surface area contributed by atoms with Crippen molar-refractivity contribution in [3.63, 3.8) is 0 Å². The molecular formula is C20H23N3O2. The standard InChI is InChI=1S/C20H23N3O2/c1-20(15-18(24)21-14-13-16-9-5-3-6-10-16)22-19(23(2)25-20)17-11-7-4-8-12-17/h3-12H,13-15H2,1-2H3,(H,21,24). The average molecular weight is 337 g/mol. The summed E-state index contributed by atoms with van der Waals surface area (Å²) in [7, 11) is 1.81. The highest BCUT2D eigenvalue weighted by atomic mass is 16.7. The van der Waals surface area contributed by atoms with Crippen LogP contribution in [0.25, 0.3) is 0 Å². The molecule has 1 aliphatic rings. The molecule has 0 bridgehead atoms. The summed E-state index contributed by atoms with van der Waals surface area (Å²) in [5, 5.41) is 4.58. The maximum absolute atomic E-state index is 12.3. The monoisotopic (exact) mass is 337 g/mol. The van der Waals surface area contributed by atoms with Crippen LogP contribution in [0.15, 0.2) is 65.7 Å². The van der Waals surface area contributed by atoms with E-state index >= 15 is 0 Å². The summed E-state index contributed by atoms with van der Waals surface area (Å²) in [6.45, 7) is 2.43. The van der Waals surface area contributed by atoms with E-state index < -0.39 is 5.72 Å². The van der Waals surface area contributed by atoms with Crippen LogP contribution in [0.3, 0.4) is 0 Å². The number of hydrogen-bond acceptors (Lipinski definition) is 4. The zero-order valence-electron chi connectivity index (χ0n) is 14.6.